The Morgan fingerprint density at radius 2 is 2.04 bits per heavy atom. The number of aryl methyl sites for hydroxylation is 1. The van der Waals surface area contributed by atoms with Gasteiger partial charge in [0, 0.05) is 29.8 Å². The molecule has 1 aromatic carbocycles. The highest BCUT2D eigenvalue weighted by Gasteiger charge is 2.41. The smallest absolute Gasteiger partial charge is 0.169 e. The van der Waals surface area contributed by atoms with Crippen molar-refractivity contribution in [2.24, 2.45) is 11.8 Å². The first-order valence-electron chi connectivity index (χ1n) is 8.56. The summed E-state index contributed by atoms with van der Waals surface area (Å²) in [5.41, 5.74) is 4.17. The van der Waals surface area contributed by atoms with Gasteiger partial charge in [-0.1, -0.05) is 19.1 Å². The highest BCUT2D eigenvalue weighted by atomic mass is 16.3. The van der Waals surface area contributed by atoms with Crippen LogP contribution in [0.2, 0.25) is 0 Å². The minimum absolute atomic E-state index is 0.0748. The molecule has 0 aliphatic heterocycles. The topological polar surface area (TPSA) is 63.1 Å². The van der Waals surface area contributed by atoms with Crippen molar-refractivity contribution in [3.05, 3.63) is 53.7 Å². The standard InChI is InChI=1S/C20H20N2O2/c1-2-12-3-4-13(17-11-21-7-8-22-17)10-16(12)18-19(23)14-5-6-15(9-14)20(18)24/h3-4,7-8,10-11,14-15,23H,2,5-6,9H2,1H3. The molecule has 1 fully saturated rings. The molecule has 2 atom stereocenters. The molecule has 2 unspecified atom stereocenters. The maximum absolute atomic E-state index is 12.9. The molecule has 1 heterocycles. The molecule has 2 aliphatic carbocycles. The van der Waals surface area contributed by atoms with Crippen LogP contribution in [0.4, 0.5) is 0 Å². The van der Waals surface area contributed by atoms with Crippen LogP contribution in [0.25, 0.3) is 16.8 Å². The molecule has 4 rings (SSSR count). The minimum atomic E-state index is 0.0748. The minimum Gasteiger partial charge on any atom is -0.511 e. The number of fused-ring (bicyclic) bond motifs is 2. The second-order valence-electron chi connectivity index (χ2n) is 6.65. The van der Waals surface area contributed by atoms with E-state index in [0.29, 0.717) is 11.3 Å². The molecule has 4 heteroatoms. The third-order valence-electron chi connectivity index (χ3n) is 5.31. The van der Waals surface area contributed by atoms with E-state index in [1.165, 1.54) is 0 Å². The van der Waals surface area contributed by atoms with E-state index in [1.807, 2.05) is 18.2 Å². The summed E-state index contributed by atoms with van der Waals surface area (Å²) >= 11 is 0. The Morgan fingerprint density at radius 1 is 1.21 bits per heavy atom. The number of allylic oxidation sites excluding steroid dienone is 2. The first-order valence-corrected chi connectivity index (χ1v) is 8.56. The van der Waals surface area contributed by atoms with Crippen LogP contribution in [0.15, 0.2) is 42.5 Å². The summed E-state index contributed by atoms with van der Waals surface area (Å²) in [4.78, 5) is 21.3. The Kier molecular flexibility index (Phi) is 3.68. The third kappa shape index (κ3) is 2.33. The fraction of sp³-hybridized carbons (Fsp3) is 0.350. The second kappa shape index (κ2) is 5.86. The van der Waals surface area contributed by atoms with Crippen LogP contribution in [-0.4, -0.2) is 20.9 Å². The zero-order chi connectivity index (χ0) is 16.7. The molecule has 2 aliphatic rings. The van der Waals surface area contributed by atoms with Crippen molar-refractivity contribution in [3.8, 4) is 11.3 Å². The van der Waals surface area contributed by atoms with Crippen molar-refractivity contribution in [3.63, 3.8) is 0 Å². The molecule has 1 saturated carbocycles. The van der Waals surface area contributed by atoms with Crippen molar-refractivity contribution in [1.29, 1.82) is 0 Å². The highest BCUT2D eigenvalue weighted by Crippen LogP contribution is 2.46. The van der Waals surface area contributed by atoms with E-state index in [1.54, 1.807) is 18.6 Å². The lowest BCUT2D eigenvalue weighted by molar-refractivity contribution is -0.117. The molecule has 0 amide bonds. The van der Waals surface area contributed by atoms with Gasteiger partial charge in [0.1, 0.15) is 5.76 Å². The van der Waals surface area contributed by atoms with Gasteiger partial charge in [0.25, 0.3) is 0 Å². The average Bonchev–Trinajstić information content (AvgIpc) is 3.08. The summed E-state index contributed by atoms with van der Waals surface area (Å²) < 4.78 is 0. The number of rotatable bonds is 3. The van der Waals surface area contributed by atoms with E-state index in [0.717, 1.165) is 48.1 Å². The van der Waals surface area contributed by atoms with Gasteiger partial charge < -0.3 is 5.11 Å². The largest absolute Gasteiger partial charge is 0.511 e. The summed E-state index contributed by atoms with van der Waals surface area (Å²) in [6.45, 7) is 2.07. The fourth-order valence-electron chi connectivity index (χ4n) is 4.00. The highest BCUT2D eigenvalue weighted by molar-refractivity contribution is 6.23. The molecule has 122 valence electrons. The maximum atomic E-state index is 12.9. The lowest BCUT2D eigenvalue weighted by Gasteiger charge is -2.23. The number of hydrogen-bond donors (Lipinski definition) is 1. The molecule has 1 N–H and O–H groups in total. The summed E-state index contributed by atoms with van der Waals surface area (Å²) in [6, 6.07) is 6.02. The Labute approximate surface area is 141 Å². The van der Waals surface area contributed by atoms with Gasteiger partial charge in [0.2, 0.25) is 0 Å². The van der Waals surface area contributed by atoms with E-state index in [2.05, 4.69) is 16.9 Å². The van der Waals surface area contributed by atoms with Gasteiger partial charge in [0.15, 0.2) is 5.78 Å². The van der Waals surface area contributed by atoms with Crippen LogP contribution < -0.4 is 0 Å². The number of ketones is 1. The molecule has 24 heavy (non-hydrogen) atoms. The normalized spacial score (nSPS) is 23.0. The molecule has 2 aromatic rings. The fourth-order valence-corrected chi connectivity index (χ4v) is 4.00. The van der Waals surface area contributed by atoms with Crippen molar-refractivity contribution >= 4 is 11.4 Å². The first-order chi connectivity index (χ1) is 11.7. The second-order valence-corrected chi connectivity index (χ2v) is 6.65. The van der Waals surface area contributed by atoms with Crippen molar-refractivity contribution in [2.45, 2.75) is 32.6 Å². The van der Waals surface area contributed by atoms with Crippen LogP contribution in [-0.2, 0) is 11.2 Å². The van der Waals surface area contributed by atoms with Crippen LogP contribution in [0.3, 0.4) is 0 Å². The molecule has 0 spiro atoms. The summed E-state index contributed by atoms with van der Waals surface area (Å²) in [6.07, 6.45) is 8.44. The summed E-state index contributed by atoms with van der Waals surface area (Å²) in [5, 5.41) is 10.7. The van der Waals surface area contributed by atoms with Crippen molar-refractivity contribution in [1.82, 2.24) is 9.97 Å². The van der Waals surface area contributed by atoms with Gasteiger partial charge in [-0.3, -0.25) is 14.8 Å². The summed E-state index contributed by atoms with van der Waals surface area (Å²) in [5.74, 6) is 0.616. The number of hydrogen-bond acceptors (Lipinski definition) is 4. The zero-order valence-corrected chi connectivity index (χ0v) is 13.7. The Hall–Kier alpha value is -2.49. The van der Waals surface area contributed by atoms with E-state index >= 15 is 0 Å². The predicted molar refractivity (Wildman–Crippen MR) is 92.2 cm³/mol. The number of nitrogens with zero attached hydrogens (tertiary/aromatic N) is 2. The van der Waals surface area contributed by atoms with E-state index in [9.17, 15) is 9.90 Å². The number of carbonyl (C=O) groups excluding carboxylic acids is 1. The number of aromatic nitrogens is 2. The quantitative estimate of drug-likeness (QED) is 0.929. The van der Waals surface area contributed by atoms with Crippen molar-refractivity contribution in [2.75, 3.05) is 0 Å². The molecule has 1 aromatic heterocycles. The SMILES string of the molecule is CCc1ccc(-c2cnccn2)cc1C1=C(O)C2CCC(C2)C1=O. The van der Waals surface area contributed by atoms with Gasteiger partial charge in [-0.25, -0.2) is 0 Å². The number of aliphatic hydroxyl groups excluding tert-OH is 1. The molecule has 2 bridgehead atoms. The van der Waals surface area contributed by atoms with Gasteiger partial charge in [-0.15, -0.1) is 0 Å². The number of Topliss-reactive ketones (excluding diaryl/α,β-unsaturated/α-hetero) is 1. The van der Waals surface area contributed by atoms with Gasteiger partial charge in [-0.2, -0.15) is 0 Å². The lowest BCUT2D eigenvalue weighted by atomic mass is 9.81. The molecular formula is C20H20N2O2. The Morgan fingerprint density at radius 3 is 2.79 bits per heavy atom. The molecule has 4 nitrogen and oxygen atoms in total. The van der Waals surface area contributed by atoms with Gasteiger partial charge in [0.05, 0.1) is 17.5 Å². The number of benzene rings is 1. The average molecular weight is 320 g/mol. The number of aliphatic hydroxyl groups is 1. The lowest BCUT2D eigenvalue weighted by Crippen LogP contribution is -2.22. The monoisotopic (exact) mass is 320 g/mol. The molecule has 0 radical (unpaired) electrons. The number of carbonyl (C=O) groups is 1. The van der Waals surface area contributed by atoms with Crippen LogP contribution in [0.1, 0.15) is 37.3 Å². The van der Waals surface area contributed by atoms with E-state index < -0.39 is 0 Å². The van der Waals surface area contributed by atoms with E-state index in [4.69, 9.17) is 0 Å². The Balaban J connectivity index is 1.88. The van der Waals surface area contributed by atoms with Gasteiger partial charge in [-0.05, 0) is 42.9 Å². The third-order valence-corrected chi connectivity index (χ3v) is 5.31. The van der Waals surface area contributed by atoms with Gasteiger partial charge >= 0.3 is 0 Å². The predicted octanol–water partition coefficient (Wildman–Crippen LogP) is 3.97. The molecular weight excluding hydrogens is 300 g/mol. The van der Waals surface area contributed by atoms with Crippen LogP contribution in [0, 0.1) is 11.8 Å². The van der Waals surface area contributed by atoms with Crippen LogP contribution in [0.5, 0.6) is 0 Å². The Bertz CT molecular complexity index is 827. The maximum Gasteiger partial charge on any atom is 0.169 e. The zero-order valence-electron chi connectivity index (χ0n) is 13.7. The molecule has 0 saturated heterocycles. The first kappa shape index (κ1) is 15.1. The van der Waals surface area contributed by atoms with Crippen molar-refractivity contribution < 1.29 is 9.90 Å². The van der Waals surface area contributed by atoms with Crippen LogP contribution >= 0.6 is 0 Å². The van der Waals surface area contributed by atoms with E-state index in [-0.39, 0.29) is 17.6 Å². The summed E-state index contributed by atoms with van der Waals surface area (Å²) in [7, 11) is 0.